The number of nitrogens with zero attached hydrogens (tertiary/aromatic N) is 2. The highest BCUT2D eigenvalue weighted by molar-refractivity contribution is 5.83. The summed E-state index contributed by atoms with van der Waals surface area (Å²) in [4.78, 5) is 18.9. The quantitative estimate of drug-likeness (QED) is 0.802. The van der Waals surface area contributed by atoms with Crippen LogP contribution in [0.2, 0.25) is 0 Å². The van der Waals surface area contributed by atoms with Crippen LogP contribution in [0, 0.1) is 5.92 Å². The molecule has 1 aromatic heterocycles. The largest absolute Gasteiger partial charge is 0.354 e. The molecule has 0 bridgehead atoms. The summed E-state index contributed by atoms with van der Waals surface area (Å²) in [6.07, 6.45) is 5.05. The van der Waals surface area contributed by atoms with E-state index < -0.39 is 0 Å². The Labute approximate surface area is 126 Å². The van der Waals surface area contributed by atoms with E-state index in [1.165, 1.54) is 5.56 Å². The summed E-state index contributed by atoms with van der Waals surface area (Å²) in [7, 11) is 0. The lowest BCUT2D eigenvalue weighted by molar-refractivity contribution is -0.122. The highest BCUT2D eigenvalue weighted by Crippen LogP contribution is 2.32. The number of hydrogen-bond donors (Lipinski definition) is 2. The predicted octanol–water partition coefficient (Wildman–Crippen LogP) is 1.30. The average molecular weight is 288 g/mol. The molecule has 1 aromatic rings. The zero-order valence-corrected chi connectivity index (χ0v) is 12.6. The molecular weight excluding hydrogens is 264 g/mol. The molecule has 2 saturated heterocycles. The number of aromatic nitrogens is 1. The highest BCUT2D eigenvalue weighted by atomic mass is 16.2. The number of piperidine rings is 1. The fraction of sp³-hybridized carbons (Fsp3) is 0.625. The smallest absolute Gasteiger partial charge is 0.225 e. The standard InChI is InChI=1S/C16H24N4O/c1-2-7-17-10-12-5-3-8-18-15(12)20-9-4-6-13-14(20)11-19-16(13)21/h3,5,8,13-14,17H,2,4,6-7,9-11H2,1H3,(H,19,21). The van der Waals surface area contributed by atoms with Crippen molar-refractivity contribution in [3.8, 4) is 0 Å². The van der Waals surface area contributed by atoms with E-state index in [2.05, 4.69) is 33.5 Å². The fourth-order valence-electron chi connectivity index (χ4n) is 3.44. The van der Waals surface area contributed by atoms with Gasteiger partial charge in [0.1, 0.15) is 5.82 Å². The summed E-state index contributed by atoms with van der Waals surface area (Å²) in [5.41, 5.74) is 1.23. The lowest BCUT2D eigenvalue weighted by Crippen LogP contribution is -2.46. The van der Waals surface area contributed by atoms with Gasteiger partial charge in [0.25, 0.3) is 0 Å². The molecule has 0 aromatic carbocycles. The molecule has 5 heteroatoms. The van der Waals surface area contributed by atoms with E-state index in [1.807, 2.05) is 12.3 Å². The monoisotopic (exact) mass is 288 g/mol. The third-order valence-electron chi connectivity index (χ3n) is 4.48. The van der Waals surface area contributed by atoms with E-state index in [4.69, 9.17) is 0 Å². The van der Waals surface area contributed by atoms with Gasteiger partial charge in [-0.1, -0.05) is 13.0 Å². The van der Waals surface area contributed by atoms with Crippen LogP contribution in [-0.4, -0.2) is 36.6 Å². The molecule has 2 fully saturated rings. The van der Waals surface area contributed by atoms with E-state index >= 15 is 0 Å². The Bertz CT molecular complexity index is 505. The Hall–Kier alpha value is -1.62. The first kappa shape index (κ1) is 14.3. The Morgan fingerprint density at radius 2 is 2.43 bits per heavy atom. The summed E-state index contributed by atoms with van der Waals surface area (Å²) in [6, 6.07) is 4.40. The SMILES string of the molecule is CCCNCc1cccnc1N1CCCC2C(=O)NCC21. The van der Waals surface area contributed by atoms with Crippen molar-refractivity contribution in [2.75, 3.05) is 24.5 Å². The van der Waals surface area contributed by atoms with Gasteiger partial charge in [-0.15, -0.1) is 0 Å². The maximum absolute atomic E-state index is 11.9. The van der Waals surface area contributed by atoms with Crippen molar-refractivity contribution in [1.82, 2.24) is 15.6 Å². The molecule has 0 spiro atoms. The number of hydrogen-bond acceptors (Lipinski definition) is 4. The minimum Gasteiger partial charge on any atom is -0.354 e. The summed E-state index contributed by atoms with van der Waals surface area (Å²) in [5.74, 6) is 1.40. The van der Waals surface area contributed by atoms with Crippen LogP contribution in [0.3, 0.4) is 0 Å². The van der Waals surface area contributed by atoms with Crippen LogP contribution in [0.15, 0.2) is 18.3 Å². The Morgan fingerprint density at radius 1 is 1.52 bits per heavy atom. The number of carbonyl (C=O) groups is 1. The summed E-state index contributed by atoms with van der Waals surface area (Å²) in [5, 5.41) is 6.46. The van der Waals surface area contributed by atoms with Gasteiger partial charge in [0.15, 0.2) is 0 Å². The van der Waals surface area contributed by atoms with Crippen LogP contribution >= 0.6 is 0 Å². The molecule has 5 nitrogen and oxygen atoms in total. The van der Waals surface area contributed by atoms with Crippen molar-refractivity contribution in [2.24, 2.45) is 5.92 Å². The van der Waals surface area contributed by atoms with Crippen molar-refractivity contribution in [3.05, 3.63) is 23.9 Å². The molecule has 2 N–H and O–H groups in total. The number of rotatable bonds is 5. The van der Waals surface area contributed by atoms with Crippen molar-refractivity contribution in [2.45, 2.75) is 38.8 Å². The molecule has 3 rings (SSSR count). The molecule has 1 amide bonds. The van der Waals surface area contributed by atoms with E-state index in [-0.39, 0.29) is 17.9 Å². The summed E-state index contributed by atoms with van der Waals surface area (Å²) >= 11 is 0. The summed E-state index contributed by atoms with van der Waals surface area (Å²) in [6.45, 7) is 5.77. The Kier molecular flexibility index (Phi) is 4.39. The molecule has 0 radical (unpaired) electrons. The van der Waals surface area contributed by atoms with Gasteiger partial charge in [-0.05, 0) is 31.9 Å². The first-order chi connectivity index (χ1) is 10.3. The molecule has 2 unspecified atom stereocenters. The topological polar surface area (TPSA) is 57.3 Å². The third kappa shape index (κ3) is 2.88. The van der Waals surface area contributed by atoms with Gasteiger partial charge < -0.3 is 15.5 Å². The third-order valence-corrected chi connectivity index (χ3v) is 4.48. The minimum atomic E-state index is 0.136. The molecule has 2 aliphatic rings. The van der Waals surface area contributed by atoms with Crippen LogP contribution in [0.5, 0.6) is 0 Å². The predicted molar refractivity (Wildman–Crippen MR) is 83.1 cm³/mol. The van der Waals surface area contributed by atoms with E-state index in [9.17, 15) is 4.79 Å². The molecule has 3 heterocycles. The van der Waals surface area contributed by atoms with Gasteiger partial charge >= 0.3 is 0 Å². The maximum Gasteiger partial charge on any atom is 0.225 e. The number of pyridine rings is 1. The number of carbonyl (C=O) groups excluding carboxylic acids is 1. The Morgan fingerprint density at radius 3 is 3.29 bits per heavy atom. The van der Waals surface area contributed by atoms with Gasteiger partial charge in [-0.3, -0.25) is 4.79 Å². The molecule has 2 atom stereocenters. The normalized spacial score (nSPS) is 24.8. The molecule has 2 aliphatic heterocycles. The maximum atomic E-state index is 11.9. The van der Waals surface area contributed by atoms with Crippen LogP contribution in [0.1, 0.15) is 31.7 Å². The minimum absolute atomic E-state index is 0.136. The average Bonchev–Trinajstić information content (AvgIpc) is 2.90. The molecule has 0 saturated carbocycles. The fourth-order valence-corrected chi connectivity index (χ4v) is 3.44. The van der Waals surface area contributed by atoms with Crippen molar-refractivity contribution < 1.29 is 4.79 Å². The van der Waals surface area contributed by atoms with Crippen LogP contribution in [0.25, 0.3) is 0 Å². The molecule has 0 aliphatic carbocycles. The zero-order valence-electron chi connectivity index (χ0n) is 12.6. The van der Waals surface area contributed by atoms with Crippen molar-refractivity contribution in [1.29, 1.82) is 0 Å². The van der Waals surface area contributed by atoms with Crippen LogP contribution < -0.4 is 15.5 Å². The van der Waals surface area contributed by atoms with Gasteiger partial charge in [0.2, 0.25) is 5.91 Å². The van der Waals surface area contributed by atoms with Crippen LogP contribution in [-0.2, 0) is 11.3 Å². The highest BCUT2D eigenvalue weighted by Gasteiger charge is 2.41. The number of anilines is 1. The Balaban J connectivity index is 1.80. The zero-order chi connectivity index (χ0) is 14.7. The van der Waals surface area contributed by atoms with Gasteiger partial charge in [0.05, 0.1) is 12.0 Å². The summed E-state index contributed by atoms with van der Waals surface area (Å²) < 4.78 is 0. The molecule has 21 heavy (non-hydrogen) atoms. The first-order valence-electron chi connectivity index (χ1n) is 8.00. The van der Waals surface area contributed by atoms with Crippen molar-refractivity contribution >= 4 is 11.7 Å². The van der Waals surface area contributed by atoms with E-state index in [1.54, 1.807) is 0 Å². The van der Waals surface area contributed by atoms with Gasteiger partial charge in [-0.2, -0.15) is 0 Å². The first-order valence-corrected chi connectivity index (χ1v) is 8.00. The second-order valence-corrected chi connectivity index (χ2v) is 5.92. The number of nitrogens with one attached hydrogen (secondary N) is 2. The number of fused-ring (bicyclic) bond motifs is 1. The van der Waals surface area contributed by atoms with Crippen molar-refractivity contribution in [3.63, 3.8) is 0 Å². The van der Waals surface area contributed by atoms with Gasteiger partial charge in [-0.25, -0.2) is 4.98 Å². The number of amides is 1. The van der Waals surface area contributed by atoms with Crippen LogP contribution in [0.4, 0.5) is 5.82 Å². The second kappa shape index (κ2) is 6.43. The van der Waals surface area contributed by atoms with E-state index in [0.717, 1.165) is 51.3 Å². The molecule has 114 valence electrons. The van der Waals surface area contributed by atoms with E-state index in [0.29, 0.717) is 0 Å². The lowest BCUT2D eigenvalue weighted by atomic mass is 9.91. The van der Waals surface area contributed by atoms with Gasteiger partial charge in [0, 0.05) is 31.4 Å². The molecular formula is C16H24N4O. The lowest BCUT2D eigenvalue weighted by Gasteiger charge is -2.37. The second-order valence-electron chi connectivity index (χ2n) is 5.92.